The van der Waals surface area contributed by atoms with Crippen molar-refractivity contribution in [3.8, 4) is 5.88 Å². The summed E-state index contributed by atoms with van der Waals surface area (Å²) in [5.74, 6) is 0.826. The molecule has 0 saturated carbocycles. The molecule has 12 heteroatoms. The van der Waals surface area contributed by atoms with Gasteiger partial charge in [-0.15, -0.1) is 0 Å². The zero-order valence-electron chi connectivity index (χ0n) is 22.6. The largest absolute Gasteiger partial charge is 0.474 e. The SMILES string of the molecule is Cc1cc(Nc2ncc3c(n2)CN(c2cnc4c(c2C)N(C(=O)OC(C)(C)C)CCO4)CC3)ccc1[N+](=O)[O-]. The molecule has 0 spiro atoms. The summed E-state index contributed by atoms with van der Waals surface area (Å²) in [6, 6.07) is 4.81. The highest BCUT2D eigenvalue weighted by atomic mass is 16.6. The maximum Gasteiger partial charge on any atom is 0.415 e. The molecule has 2 aliphatic rings. The second-order valence-electron chi connectivity index (χ2n) is 10.6. The van der Waals surface area contributed by atoms with E-state index in [1.165, 1.54) is 6.07 Å². The number of nitrogens with one attached hydrogen (secondary N) is 1. The number of nitrogens with zero attached hydrogens (tertiary/aromatic N) is 6. The van der Waals surface area contributed by atoms with E-state index in [1.807, 2.05) is 33.9 Å². The van der Waals surface area contributed by atoms with Crippen molar-refractivity contribution in [2.45, 2.75) is 53.2 Å². The molecule has 3 aromatic rings. The van der Waals surface area contributed by atoms with Gasteiger partial charge in [-0.3, -0.25) is 15.0 Å². The Morgan fingerprint density at radius 3 is 2.69 bits per heavy atom. The fourth-order valence-corrected chi connectivity index (χ4v) is 4.78. The van der Waals surface area contributed by atoms with E-state index in [1.54, 1.807) is 30.2 Å². The zero-order chi connectivity index (χ0) is 27.9. The molecule has 0 unspecified atom stereocenters. The van der Waals surface area contributed by atoms with E-state index < -0.39 is 16.6 Å². The first-order valence-corrected chi connectivity index (χ1v) is 12.7. The second-order valence-corrected chi connectivity index (χ2v) is 10.6. The third kappa shape index (κ3) is 5.40. The number of benzene rings is 1. The Balaban J connectivity index is 1.39. The number of nitro groups is 1. The van der Waals surface area contributed by atoms with Crippen LogP contribution in [-0.2, 0) is 17.7 Å². The summed E-state index contributed by atoms with van der Waals surface area (Å²) in [6.45, 7) is 11.2. The van der Waals surface area contributed by atoms with Gasteiger partial charge in [-0.05, 0) is 58.7 Å². The van der Waals surface area contributed by atoms with Crippen molar-refractivity contribution in [1.29, 1.82) is 0 Å². The van der Waals surface area contributed by atoms with Crippen molar-refractivity contribution in [3.05, 3.63) is 63.1 Å². The lowest BCUT2D eigenvalue weighted by Gasteiger charge is -2.35. The summed E-state index contributed by atoms with van der Waals surface area (Å²) in [6.07, 6.45) is 3.91. The summed E-state index contributed by atoms with van der Waals surface area (Å²) >= 11 is 0. The minimum atomic E-state index is -0.621. The Morgan fingerprint density at radius 1 is 1.18 bits per heavy atom. The van der Waals surface area contributed by atoms with Gasteiger partial charge in [0.2, 0.25) is 11.8 Å². The molecule has 0 atom stereocenters. The monoisotopic (exact) mass is 533 g/mol. The van der Waals surface area contributed by atoms with Crippen LogP contribution < -0.4 is 19.9 Å². The predicted molar refractivity (Wildman–Crippen MR) is 146 cm³/mol. The van der Waals surface area contributed by atoms with Crippen LogP contribution in [0.1, 0.15) is 43.2 Å². The van der Waals surface area contributed by atoms with Gasteiger partial charge in [-0.2, -0.15) is 0 Å². The van der Waals surface area contributed by atoms with E-state index in [4.69, 9.17) is 14.5 Å². The number of aryl methyl sites for hydroxylation is 1. The number of fused-ring (bicyclic) bond motifs is 2. The lowest BCUT2D eigenvalue weighted by atomic mass is 10.0. The van der Waals surface area contributed by atoms with Crippen LogP contribution in [-0.4, -0.2) is 51.3 Å². The van der Waals surface area contributed by atoms with Crippen molar-refractivity contribution < 1.29 is 19.2 Å². The molecule has 1 amide bonds. The van der Waals surface area contributed by atoms with E-state index in [2.05, 4.69) is 20.2 Å². The van der Waals surface area contributed by atoms with Crippen molar-refractivity contribution in [1.82, 2.24) is 15.0 Å². The molecular weight excluding hydrogens is 502 g/mol. The molecular formula is C27H31N7O5. The number of carbonyl (C=O) groups is 1. The quantitative estimate of drug-likeness (QED) is 0.366. The molecule has 0 aliphatic carbocycles. The number of aromatic nitrogens is 3. The van der Waals surface area contributed by atoms with Crippen LogP contribution in [0.2, 0.25) is 0 Å². The van der Waals surface area contributed by atoms with Crippen LogP contribution in [0.15, 0.2) is 30.6 Å². The maximum atomic E-state index is 13.0. The third-order valence-corrected chi connectivity index (χ3v) is 6.62. The summed E-state index contributed by atoms with van der Waals surface area (Å²) < 4.78 is 11.4. The van der Waals surface area contributed by atoms with Gasteiger partial charge in [0.25, 0.3) is 5.69 Å². The Bertz CT molecular complexity index is 1450. The highest BCUT2D eigenvalue weighted by Gasteiger charge is 2.32. The lowest BCUT2D eigenvalue weighted by Crippen LogP contribution is -2.42. The van der Waals surface area contributed by atoms with Gasteiger partial charge in [0.15, 0.2) is 0 Å². The van der Waals surface area contributed by atoms with Gasteiger partial charge in [0.1, 0.15) is 17.9 Å². The number of anilines is 4. The number of rotatable bonds is 4. The van der Waals surface area contributed by atoms with E-state index >= 15 is 0 Å². The van der Waals surface area contributed by atoms with E-state index in [0.717, 1.165) is 35.5 Å². The van der Waals surface area contributed by atoms with Gasteiger partial charge in [-0.1, -0.05) is 0 Å². The third-order valence-electron chi connectivity index (χ3n) is 6.62. The molecule has 1 N–H and O–H groups in total. The van der Waals surface area contributed by atoms with Crippen LogP contribution in [0.3, 0.4) is 0 Å². The minimum absolute atomic E-state index is 0.0622. The number of amides is 1. The van der Waals surface area contributed by atoms with Crippen LogP contribution in [0.5, 0.6) is 5.88 Å². The topological polar surface area (TPSA) is 136 Å². The van der Waals surface area contributed by atoms with Crippen LogP contribution in [0.4, 0.5) is 33.5 Å². The first-order chi connectivity index (χ1) is 18.5. The summed E-state index contributed by atoms with van der Waals surface area (Å²) in [5, 5.41) is 14.3. The van der Waals surface area contributed by atoms with E-state index in [-0.39, 0.29) is 5.69 Å². The van der Waals surface area contributed by atoms with Crippen LogP contribution in [0, 0.1) is 24.0 Å². The molecule has 5 rings (SSSR count). The van der Waals surface area contributed by atoms with Gasteiger partial charge in [0, 0.05) is 35.6 Å². The number of carbonyl (C=O) groups excluding carboxylic acids is 1. The predicted octanol–water partition coefficient (Wildman–Crippen LogP) is 4.84. The summed E-state index contributed by atoms with van der Waals surface area (Å²) in [7, 11) is 0. The average molecular weight is 534 g/mol. The molecule has 0 bridgehead atoms. The zero-order valence-corrected chi connectivity index (χ0v) is 22.6. The van der Waals surface area contributed by atoms with Crippen molar-refractivity contribution >= 4 is 34.8 Å². The fraction of sp³-hybridized carbons (Fsp3) is 0.407. The van der Waals surface area contributed by atoms with Crippen LogP contribution >= 0.6 is 0 Å². The molecule has 2 aromatic heterocycles. The maximum absolute atomic E-state index is 13.0. The molecule has 1 aromatic carbocycles. The summed E-state index contributed by atoms with van der Waals surface area (Å²) in [4.78, 5) is 41.2. The molecule has 0 fully saturated rings. The Labute approximate surface area is 226 Å². The second kappa shape index (κ2) is 10.0. The Kier molecular flexibility index (Phi) is 6.71. The first-order valence-electron chi connectivity index (χ1n) is 12.7. The van der Waals surface area contributed by atoms with Crippen molar-refractivity contribution in [3.63, 3.8) is 0 Å². The summed E-state index contributed by atoms with van der Waals surface area (Å²) in [5.41, 5.74) is 4.97. The Hall–Kier alpha value is -4.48. The molecule has 0 radical (unpaired) electrons. The van der Waals surface area contributed by atoms with Gasteiger partial charge in [0.05, 0.1) is 35.6 Å². The number of ether oxygens (including phenoxy) is 2. The van der Waals surface area contributed by atoms with E-state index in [0.29, 0.717) is 48.5 Å². The van der Waals surface area contributed by atoms with Crippen LogP contribution in [0.25, 0.3) is 0 Å². The minimum Gasteiger partial charge on any atom is -0.474 e. The standard InChI is InChI=1S/C27H31N7O5/c1-16-12-19(6-7-21(16)34(36)37)30-25-29-13-18-8-9-32(15-20(18)31-25)22-14-28-24-23(17(22)2)33(10-11-38-24)26(35)39-27(3,4)5/h6-7,12-14H,8-11,15H2,1-5H3,(H,29,30,31). The fourth-order valence-electron chi connectivity index (χ4n) is 4.78. The highest BCUT2D eigenvalue weighted by Crippen LogP contribution is 2.39. The van der Waals surface area contributed by atoms with E-state index in [9.17, 15) is 14.9 Å². The van der Waals surface area contributed by atoms with Gasteiger partial charge in [-0.25, -0.2) is 19.7 Å². The molecule has 204 valence electrons. The number of pyridine rings is 1. The Morgan fingerprint density at radius 2 is 1.97 bits per heavy atom. The molecule has 0 saturated heterocycles. The first kappa shape index (κ1) is 26.1. The number of hydrogen-bond acceptors (Lipinski definition) is 10. The lowest BCUT2D eigenvalue weighted by molar-refractivity contribution is -0.385. The molecule has 4 heterocycles. The van der Waals surface area contributed by atoms with Gasteiger partial charge >= 0.3 is 6.09 Å². The highest BCUT2D eigenvalue weighted by molar-refractivity contribution is 5.92. The smallest absolute Gasteiger partial charge is 0.415 e. The molecule has 2 aliphatic heterocycles. The van der Waals surface area contributed by atoms with Crippen molar-refractivity contribution in [2.75, 3.05) is 34.8 Å². The number of nitro benzene ring substituents is 1. The number of hydrogen-bond donors (Lipinski definition) is 1. The molecule has 39 heavy (non-hydrogen) atoms. The van der Waals surface area contributed by atoms with Gasteiger partial charge < -0.3 is 19.7 Å². The average Bonchev–Trinajstić information content (AvgIpc) is 2.87. The van der Waals surface area contributed by atoms with Crippen molar-refractivity contribution in [2.24, 2.45) is 0 Å². The molecule has 12 nitrogen and oxygen atoms in total. The normalized spacial score (nSPS) is 14.7.